The van der Waals surface area contributed by atoms with E-state index >= 15 is 0 Å². The molecule has 7 atom stereocenters. The van der Waals surface area contributed by atoms with Crippen LogP contribution in [0, 0.1) is 17.8 Å². The summed E-state index contributed by atoms with van der Waals surface area (Å²) in [5.41, 5.74) is 6.11. The molecule has 1 saturated heterocycles. The second-order valence-electron chi connectivity index (χ2n) is 13.9. The number of fused-ring (bicyclic) bond motifs is 3. The highest BCUT2D eigenvalue weighted by Gasteiger charge is 2.64. The van der Waals surface area contributed by atoms with Crippen molar-refractivity contribution in [2.75, 3.05) is 20.3 Å². The number of nitrogens with two attached hydrogens (primary N) is 1. The van der Waals surface area contributed by atoms with E-state index in [9.17, 15) is 27.2 Å². The Hall–Kier alpha value is -3.56. The number of hydrogen-bond acceptors (Lipinski definition) is 10. The average Bonchev–Trinajstić information content (AvgIpc) is 3.96. The number of methoxy groups -OCH3 is 1. The summed E-state index contributed by atoms with van der Waals surface area (Å²) >= 11 is 0. The predicted molar refractivity (Wildman–Crippen MR) is 181 cm³/mol. The normalized spacial score (nSPS) is 31.2. The molecule has 1 aromatic carbocycles. The summed E-state index contributed by atoms with van der Waals surface area (Å²) in [6.07, 6.45) is 7.21. The van der Waals surface area contributed by atoms with Crippen molar-refractivity contribution in [1.82, 2.24) is 24.9 Å². The number of nitrogens with one attached hydrogen (secondary N) is 2. The molecule has 3 amide bonds. The lowest BCUT2D eigenvalue weighted by Gasteiger charge is -2.30. The number of sulfonamides is 1. The third-order valence-electron chi connectivity index (χ3n) is 10.3. The Morgan fingerprint density at radius 1 is 1.20 bits per heavy atom. The van der Waals surface area contributed by atoms with Crippen LogP contribution in [0.1, 0.15) is 58.8 Å². The molecule has 2 aliphatic carbocycles. The van der Waals surface area contributed by atoms with Crippen LogP contribution in [-0.4, -0.2) is 89.8 Å². The molecule has 268 valence electrons. The first kappa shape index (κ1) is 36.7. The van der Waals surface area contributed by atoms with E-state index in [2.05, 4.69) is 26.9 Å². The van der Waals surface area contributed by atoms with Crippen LogP contribution in [0.3, 0.4) is 0 Å². The molecule has 1 aromatic heterocycles. The minimum atomic E-state index is -4.32. The largest absolute Gasteiger partial charge is 0.497 e. The number of nitrogens with zero attached hydrogens (tertiary/aromatic N) is 3. The molecule has 3 heterocycles. The van der Waals surface area contributed by atoms with Crippen molar-refractivity contribution in [3.05, 3.63) is 36.5 Å². The lowest BCUT2D eigenvalue weighted by molar-refractivity contribution is -0.141. The fraction of sp³-hybridized carbons (Fsp3) is 0.606. The number of halogens is 2. The van der Waals surface area contributed by atoms with E-state index < -0.39 is 68.8 Å². The lowest BCUT2D eigenvalue weighted by Crippen LogP contribution is -2.58. The van der Waals surface area contributed by atoms with Crippen molar-refractivity contribution in [3.8, 4) is 11.6 Å². The Morgan fingerprint density at radius 3 is 2.65 bits per heavy atom. The Labute approximate surface area is 291 Å². The van der Waals surface area contributed by atoms with Crippen molar-refractivity contribution < 1.29 is 36.7 Å². The topological polar surface area (TPSA) is 183 Å². The van der Waals surface area contributed by atoms with Gasteiger partial charge in [0.15, 0.2) is 0 Å². The molecule has 13 nitrogen and oxygen atoms in total. The number of carbonyl (C=O) groups is 3. The summed E-state index contributed by atoms with van der Waals surface area (Å²) < 4.78 is 51.6. The monoisotopic (exact) mass is 722 g/mol. The summed E-state index contributed by atoms with van der Waals surface area (Å²) in [4.78, 5) is 52.0. The van der Waals surface area contributed by atoms with E-state index in [4.69, 9.17) is 15.2 Å². The molecule has 49 heavy (non-hydrogen) atoms. The summed E-state index contributed by atoms with van der Waals surface area (Å²) in [6, 6.07) is 3.30. The summed E-state index contributed by atoms with van der Waals surface area (Å²) in [7, 11) is -2.78. The Bertz CT molecular complexity index is 1740. The van der Waals surface area contributed by atoms with Crippen molar-refractivity contribution in [2.45, 2.75) is 87.3 Å². The highest BCUT2D eigenvalue weighted by atomic mass is 35.5. The van der Waals surface area contributed by atoms with Crippen molar-refractivity contribution >= 4 is 51.2 Å². The molecule has 16 heteroatoms. The molecular formula is C33H44ClFN6O7S. The van der Waals surface area contributed by atoms with Crippen LogP contribution in [0.5, 0.6) is 11.6 Å². The Morgan fingerprint density at radius 2 is 1.96 bits per heavy atom. The maximum Gasteiger partial charge on any atom is 0.259 e. The van der Waals surface area contributed by atoms with Gasteiger partial charge in [-0.2, -0.15) is 0 Å². The Kier molecular flexibility index (Phi) is 10.5. The molecule has 0 unspecified atom stereocenters. The highest BCUT2D eigenvalue weighted by molar-refractivity contribution is 7.91. The minimum Gasteiger partial charge on any atom is -0.497 e. The van der Waals surface area contributed by atoms with Gasteiger partial charge in [-0.1, -0.05) is 26.0 Å². The molecule has 2 aromatic rings. The minimum absolute atomic E-state index is 0. The third-order valence-corrected chi connectivity index (χ3v) is 12.5. The van der Waals surface area contributed by atoms with Gasteiger partial charge in [-0.25, -0.2) is 22.8 Å². The fourth-order valence-electron chi connectivity index (χ4n) is 6.90. The van der Waals surface area contributed by atoms with Crippen molar-refractivity contribution in [2.24, 2.45) is 23.5 Å². The first-order valence-corrected chi connectivity index (χ1v) is 17.9. The van der Waals surface area contributed by atoms with Gasteiger partial charge in [0.25, 0.3) is 5.91 Å². The average molecular weight is 723 g/mol. The number of benzene rings is 1. The van der Waals surface area contributed by atoms with Gasteiger partial charge < -0.3 is 25.4 Å². The zero-order valence-corrected chi connectivity index (χ0v) is 29.4. The van der Waals surface area contributed by atoms with Gasteiger partial charge in [0, 0.05) is 18.4 Å². The number of ether oxygens (including phenoxy) is 2. The quantitative estimate of drug-likeness (QED) is 0.359. The molecule has 4 aliphatic rings. The van der Waals surface area contributed by atoms with Crippen LogP contribution in [0.15, 0.2) is 36.5 Å². The second kappa shape index (κ2) is 14.0. The number of alkyl halides is 1. The SMILES string of the molecule is COc1ccc2ncc(O[C@@H]3C[C@H]4C(=O)N[C@]5(C(=O)NS(=O)(=O)C6(CF)CC6)C[C@H]5C=CCC[C@@H](C)C[C@@H](C)[C@H](N)C(=O)N4C3)nc2c1.Cl. The number of allylic oxidation sites excluding steroid dienone is 1. The maximum atomic E-state index is 14.1. The number of hydrogen-bond donors (Lipinski definition) is 3. The van der Waals surface area contributed by atoms with Gasteiger partial charge in [-0.3, -0.25) is 19.1 Å². The van der Waals surface area contributed by atoms with E-state index in [1.165, 1.54) is 11.1 Å². The van der Waals surface area contributed by atoms with Crippen LogP contribution in [0.2, 0.25) is 0 Å². The molecule has 0 bridgehead atoms. The van der Waals surface area contributed by atoms with Gasteiger partial charge in [-0.05, 0) is 62.5 Å². The number of rotatable bonds is 7. The van der Waals surface area contributed by atoms with Gasteiger partial charge in [0.1, 0.15) is 34.9 Å². The van der Waals surface area contributed by atoms with E-state index in [0.29, 0.717) is 29.6 Å². The van der Waals surface area contributed by atoms with Crippen LogP contribution < -0.4 is 25.2 Å². The molecule has 3 fully saturated rings. The summed E-state index contributed by atoms with van der Waals surface area (Å²) in [6.45, 7) is 2.93. The first-order chi connectivity index (χ1) is 22.8. The van der Waals surface area contributed by atoms with Gasteiger partial charge >= 0.3 is 0 Å². The highest BCUT2D eigenvalue weighted by Crippen LogP contribution is 2.48. The molecule has 2 saturated carbocycles. The van der Waals surface area contributed by atoms with Crippen molar-refractivity contribution in [3.63, 3.8) is 0 Å². The lowest BCUT2D eigenvalue weighted by atomic mass is 9.88. The molecular weight excluding hydrogens is 679 g/mol. The molecule has 0 spiro atoms. The van der Waals surface area contributed by atoms with Gasteiger partial charge in [-0.15, -0.1) is 12.4 Å². The van der Waals surface area contributed by atoms with Gasteiger partial charge in [0.2, 0.25) is 27.7 Å². The summed E-state index contributed by atoms with van der Waals surface area (Å²) in [5, 5.41) is 2.80. The maximum absolute atomic E-state index is 14.1. The smallest absolute Gasteiger partial charge is 0.259 e. The molecule has 0 radical (unpaired) electrons. The molecule has 4 N–H and O–H groups in total. The summed E-state index contributed by atoms with van der Waals surface area (Å²) in [5.74, 6) is -1.60. The fourth-order valence-corrected chi connectivity index (χ4v) is 8.32. The standard InChI is InChI=1S/C33H43FN6O7S.ClH/c1-19-6-4-5-7-21-15-33(21,31(43)39-48(44,45)32(18-34)10-11-32)38-29(41)26-14-23(17-40(26)30(42)28(35)20(2)12-19)47-27-16-36-24-9-8-22(46-3)13-25(24)37-27;/h5,7-9,13,16,19-21,23,26,28H,4,6,10-12,14-15,17-18,35H2,1-3H3,(H,38,41)(H,39,43);1H/t19-,20-,21-,23-,26+,28+,33-;/m1./s1. The van der Waals surface area contributed by atoms with Gasteiger partial charge in [0.05, 0.1) is 36.9 Å². The Balaban J connectivity index is 0.00000468. The molecule has 6 rings (SSSR count). The number of aromatic nitrogens is 2. The van der Waals surface area contributed by atoms with E-state index in [1.54, 1.807) is 25.3 Å². The van der Waals surface area contributed by atoms with Crippen LogP contribution in [-0.2, 0) is 24.4 Å². The predicted octanol–water partition coefficient (Wildman–Crippen LogP) is 2.57. The molecule has 2 aliphatic heterocycles. The van der Waals surface area contributed by atoms with Crippen molar-refractivity contribution in [1.29, 1.82) is 0 Å². The van der Waals surface area contributed by atoms with Crippen LogP contribution >= 0.6 is 12.4 Å². The third kappa shape index (κ3) is 7.20. The van der Waals surface area contributed by atoms with Crippen LogP contribution in [0.4, 0.5) is 4.39 Å². The number of carbonyl (C=O) groups excluding carboxylic acids is 3. The van der Waals surface area contributed by atoms with Crippen LogP contribution in [0.25, 0.3) is 11.0 Å². The second-order valence-corrected chi connectivity index (χ2v) is 16.0. The van der Waals surface area contributed by atoms with E-state index in [-0.39, 0.29) is 62.4 Å². The first-order valence-electron chi connectivity index (χ1n) is 16.5. The number of amides is 3. The van der Waals surface area contributed by atoms with E-state index in [0.717, 1.165) is 6.42 Å². The van der Waals surface area contributed by atoms with E-state index in [1.807, 2.05) is 19.1 Å². The zero-order chi connectivity index (χ0) is 34.4. The zero-order valence-electron chi connectivity index (χ0n) is 27.8.